The summed E-state index contributed by atoms with van der Waals surface area (Å²) in [6, 6.07) is 25.6. The fourth-order valence-electron chi connectivity index (χ4n) is 3.11. The highest BCUT2D eigenvalue weighted by atomic mass is 32.2. The molecule has 0 aliphatic heterocycles. The minimum absolute atomic E-state index is 0.0511. The van der Waals surface area contributed by atoms with Crippen LogP contribution in [0.5, 0.6) is 0 Å². The number of thioether (sulfide) groups is 1. The average molecular weight is 388 g/mol. The Balaban J connectivity index is 1.47. The summed E-state index contributed by atoms with van der Waals surface area (Å²) in [5.74, 6) is 0.612. The first-order valence-corrected chi connectivity index (χ1v) is 10.2. The van der Waals surface area contributed by atoms with Gasteiger partial charge in [-0.1, -0.05) is 72.4 Å². The van der Waals surface area contributed by atoms with Gasteiger partial charge in [0, 0.05) is 11.3 Å². The first-order chi connectivity index (χ1) is 13.7. The number of benzene rings is 3. The molecule has 1 atom stereocenters. The highest BCUT2D eigenvalue weighted by Crippen LogP contribution is 2.25. The van der Waals surface area contributed by atoms with Crippen LogP contribution >= 0.6 is 11.8 Å². The normalized spacial score (nSPS) is 12.0. The van der Waals surface area contributed by atoms with Crippen molar-refractivity contribution in [1.29, 1.82) is 0 Å². The fraction of sp³-hybridized carbons (Fsp3) is 0.130. The lowest BCUT2D eigenvalue weighted by Crippen LogP contribution is -2.27. The summed E-state index contributed by atoms with van der Waals surface area (Å²) in [4.78, 5) is 20.8. The van der Waals surface area contributed by atoms with E-state index in [-0.39, 0.29) is 11.9 Å². The quantitative estimate of drug-likeness (QED) is 0.439. The second kappa shape index (κ2) is 8.31. The number of aromatic nitrogens is 2. The monoisotopic (exact) mass is 387 g/mol. The molecule has 1 heterocycles. The number of H-pyrrole nitrogens is 1. The first kappa shape index (κ1) is 18.3. The number of para-hydroxylation sites is 2. The van der Waals surface area contributed by atoms with Crippen molar-refractivity contribution in [2.75, 3.05) is 0 Å². The molecule has 1 amide bonds. The topological polar surface area (TPSA) is 57.8 Å². The highest BCUT2D eigenvalue weighted by Gasteiger charge is 2.15. The van der Waals surface area contributed by atoms with Crippen LogP contribution in [0.15, 0.2) is 84.0 Å². The predicted octanol–water partition coefficient (Wildman–Crippen LogP) is 5.35. The van der Waals surface area contributed by atoms with Gasteiger partial charge in [0.05, 0.1) is 17.1 Å². The lowest BCUT2D eigenvalue weighted by molar-refractivity contribution is 0.0939. The van der Waals surface area contributed by atoms with Crippen LogP contribution < -0.4 is 5.32 Å². The zero-order valence-electron chi connectivity index (χ0n) is 15.6. The summed E-state index contributed by atoms with van der Waals surface area (Å²) in [7, 11) is 0. The summed E-state index contributed by atoms with van der Waals surface area (Å²) < 4.78 is 0. The Morgan fingerprint density at radius 2 is 1.71 bits per heavy atom. The first-order valence-electron chi connectivity index (χ1n) is 9.22. The number of nitrogens with one attached hydrogen (secondary N) is 2. The van der Waals surface area contributed by atoms with Crippen molar-refractivity contribution in [3.8, 4) is 0 Å². The van der Waals surface area contributed by atoms with Crippen LogP contribution in [0.25, 0.3) is 11.0 Å². The molecule has 1 unspecified atom stereocenters. The molecule has 5 heteroatoms. The third-order valence-corrected chi connectivity index (χ3v) is 5.56. The molecular formula is C23H21N3OS. The van der Waals surface area contributed by atoms with Crippen LogP contribution in [0, 0.1) is 0 Å². The van der Waals surface area contributed by atoms with Crippen molar-refractivity contribution in [1.82, 2.24) is 15.3 Å². The zero-order chi connectivity index (χ0) is 19.3. The Hall–Kier alpha value is -3.05. The molecule has 0 saturated heterocycles. The van der Waals surface area contributed by atoms with Crippen molar-refractivity contribution >= 4 is 28.7 Å². The second-order valence-electron chi connectivity index (χ2n) is 6.61. The van der Waals surface area contributed by atoms with Crippen molar-refractivity contribution in [2.24, 2.45) is 0 Å². The van der Waals surface area contributed by atoms with E-state index < -0.39 is 0 Å². The highest BCUT2D eigenvalue weighted by molar-refractivity contribution is 7.98. The molecule has 0 aliphatic carbocycles. The summed E-state index contributed by atoms with van der Waals surface area (Å²) in [6.07, 6.45) is 0. The maximum Gasteiger partial charge on any atom is 0.252 e. The van der Waals surface area contributed by atoms with Gasteiger partial charge in [-0.25, -0.2) is 4.98 Å². The number of hydrogen-bond acceptors (Lipinski definition) is 3. The van der Waals surface area contributed by atoms with Gasteiger partial charge in [0.25, 0.3) is 5.91 Å². The Morgan fingerprint density at radius 3 is 2.54 bits per heavy atom. The van der Waals surface area contributed by atoms with Gasteiger partial charge in [-0.3, -0.25) is 4.79 Å². The van der Waals surface area contributed by atoms with Gasteiger partial charge < -0.3 is 10.3 Å². The Morgan fingerprint density at radius 1 is 1.00 bits per heavy atom. The number of hydrogen-bond donors (Lipinski definition) is 2. The van der Waals surface area contributed by atoms with Crippen LogP contribution in [0.2, 0.25) is 0 Å². The van der Waals surface area contributed by atoms with Crippen molar-refractivity contribution in [2.45, 2.75) is 23.9 Å². The molecule has 0 saturated carbocycles. The van der Waals surface area contributed by atoms with E-state index in [4.69, 9.17) is 0 Å². The number of rotatable bonds is 6. The van der Waals surface area contributed by atoms with E-state index in [1.807, 2.05) is 85.8 Å². The average Bonchev–Trinajstić information content (AvgIpc) is 3.16. The zero-order valence-corrected chi connectivity index (χ0v) is 16.4. The molecule has 0 radical (unpaired) electrons. The maximum absolute atomic E-state index is 12.9. The lowest BCUT2D eigenvalue weighted by Gasteiger charge is -2.16. The fourth-order valence-corrected chi connectivity index (χ4v) is 4.00. The molecular weight excluding hydrogens is 366 g/mol. The minimum atomic E-state index is -0.0582. The Kier molecular flexibility index (Phi) is 5.44. The molecule has 0 bridgehead atoms. The largest absolute Gasteiger partial charge is 0.346 e. The molecule has 2 N–H and O–H groups in total. The van der Waals surface area contributed by atoms with Gasteiger partial charge >= 0.3 is 0 Å². The number of imidazole rings is 1. The lowest BCUT2D eigenvalue weighted by atomic mass is 10.1. The van der Waals surface area contributed by atoms with Crippen LogP contribution in [0.4, 0.5) is 0 Å². The minimum Gasteiger partial charge on any atom is -0.346 e. The second-order valence-corrected chi connectivity index (χ2v) is 7.57. The number of carbonyl (C=O) groups excluding carboxylic acids is 1. The molecule has 4 aromatic rings. The molecule has 0 spiro atoms. The van der Waals surface area contributed by atoms with E-state index in [1.54, 1.807) is 11.8 Å². The van der Waals surface area contributed by atoms with Crippen LogP contribution in [0.1, 0.15) is 34.5 Å². The summed E-state index contributed by atoms with van der Waals surface area (Å²) in [5, 5.41) is 3.96. The molecule has 4 nitrogen and oxygen atoms in total. The van der Waals surface area contributed by atoms with Crippen LogP contribution in [0.3, 0.4) is 0 Å². The van der Waals surface area contributed by atoms with Gasteiger partial charge in [0.1, 0.15) is 0 Å². The summed E-state index contributed by atoms with van der Waals surface area (Å²) >= 11 is 1.60. The van der Waals surface area contributed by atoms with Gasteiger partial charge in [0.15, 0.2) is 5.16 Å². The third kappa shape index (κ3) is 4.10. The van der Waals surface area contributed by atoms with E-state index in [0.717, 1.165) is 27.3 Å². The molecule has 1 aromatic heterocycles. The Labute approximate surface area is 168 Å². The van der Waals surface area contributed by atoms with Gasteiger partial charge in [-0.05, 0) is 36.2 Å². The maximum atomic E-state index is 12.9. The number of aromatic amines is 1. The standard InChI is InChI=1S/C23H21N3OS/c1-16(17-9-3-2-4-10-17)24-22(27)19-12-6-5-11-18(19)15-28-23-25-20-13-7-8-14-21(20)26-23/h2-14,16H,15H2,1H3,(H,24,27)(H,25,26). The van der Waals surface area contributed by atoms with E-state index in [1.165, 1.54) is 0 Å². The molecule has 140 valence electrons. The Bertz CT molecular complexity index is 1060. The number of amides is 1. The van der Waals surface area contributed by atoms with E-state index >= 15 is 0 Å². The van der Waals surface area contributed by atoms with Crippen LogP contribution in [-0.2, 0) is 5.75 Å². The van der Waals surface area contributed by atoms with E-state index in [0.29, 0.717) is 11.3 Å². The smallest absolute Gasteiger partial charge is 0.252 e. The van der Waals surface area contributed by atoms with Crippen LogP contribution in [-0.4, -0.2) is 15.9 Å². The van der Waals surface area contributed by atoms with Gasteiger partial charge in [-0.2, -0.15) is 0 Å². The predicted molar refractivity (Wildman–Crippen MR) is 114 cm³/mol. The van der Waals surface area contributed by atoms with Crippen molar-refractivity contribution in [3.05, 3.63) is 95.6 Å². The van der Waals surface area contributed by atoms with E-state index in [9.17, 15) is 4.79 Å². The summed E-state index contributed by atoms with van der Waals surface area (Å²) in [5.41, 5.74) is 4.75. The SMILES string of the molecule is CC(NC(=O)c1ccccc1CSc1nc2ccccc2[nH]1)c1ccccc1. The number of fused-ring (bicyclic) bond motifs is 1. The molecule has 28 heavy (non-hydrogen) atoms. The molecule has 0 aliphatic rings. The molecule has 4 rings (SSSR count). The van der Waals surface area contributed by atoms with Gasteiger partial charge in [-0.15, -0.1) is 0 Å². The third-order valence-electron chi connectivity index (χ3n) is 4.64. The van der Waals surface area contributed by atoms with Crippen molar-refractivity contribution in [3.63, 3.8) is 0 Å². The number of carbonyl (C=O) groups is 1. The van der Waals surface area contributed by atoms with E-state index in [2.05, 4.69) is 15.3 Å². The summed E-state index contributed by atoms with van der Waals surface area (Å²) in [6.45, 7) is 2.00. The molecule has 3 aromatic carbocycles. The van der Waals surface area contributed by atoms with Gasteiger partial charge in [0.2, 0.25) is 0 Å². The molecule has 0 fully saturated rings. The number of nitrogens with zero attached hydrogens (tertiary/aromatic N) is 1. The van der Waals surface area contributed by atoms with Crippen molar-refractivity contribution < 1.29 is 4.79 Å².